The molecule has 0 aliphatic heterocycles. The lowest BCUT2D eigenvalue weighted by molar-refractivity contribution is -0.384. The minimum absolute atomic E-state index is 0.0641. The van der Waals surface area contributed by atoms with E-state index in [1.165, 1.54) is 12.1 Å². The summed E-state index contributed by atoms with van der Waals surface area (Å²) in [5.41, 5.74) is 6.37. The standard InChI is InChI=1S/C24H19N3O3/c1-16-13-17(2)23-22(14-16)26-24(30-23)19-8-10-20(11-9-19)25-12-4-6-18-5-3-7-21(15-18)27(28)29/h3-15H,1-2H3/b6-4+,25-12?. The molecule has 0 aliphatic carbocycles. The third-order valence-corrected chi connectivity index (χ3v) is 4.61. The minimum atomic E-state index is -0.410. The molecule has 0 amide bonds. The van der Waals surface area contributed by atoms with Crippen molar-refractivity contribution < 1.29 is 9.34 Å². The van der Waals surface area contributed by atoms with Crippen molar-refractivity contribution >= 4 is 34.8 Å². The fourth-order valence-electron chi connectivity index (χ4n) is 3.22. The number of benzene rings is 3. The van der Waals surface area contributed by atoms with Gasteiger partial charge in [0.15, 0.2) is 5.58 Å². The molecule has 0 atom stereocenters. The SMILES string of the molecule is Cc1cc(C)c2oc(-c3ccc(N=C/C=C/c4cccc([N+](=O)[O-])c4)cc3)nc2c1. The van der Waals surface area contributed by atoms with E-state index in [0.29, 0.717) is 5.89 Å². The normalized spacial score (nSPS) is 11.7. The van der Waals surface area contributed by atoms with Crippen LogP contribution in [0.25, 0.3) is 28.6 Å². The maximum Gasteiger partial charge on any atom is 0.270 e. The van der Waals surface area contributed by atoms with Gasteiger partial charge in [-0.3, -0.25) is 15.1 Å². The highest BCUT2D eigenvalue weighted by molar-refractivity contribution is 5.82. The number of allylic oxidation sites excluding steroid dienone is 1. The molecule has 0 spiro atoms. The first kappa shape index (κ1) is 19.3. The summed E-state index contributed by atoms with van der Waals surface area (Å²) in [7, 11) is 0. The van der Waals surface area contributed by atoms with Gasteiger partial charge in [-0.25, -0.2) is 4.98 Å². The molecule has 0 saturated carbocycles. The zero-order valence-electron chi connectivity index (χ0n) is 16.6. The van der Waals surface area contributed by atoms with E-state index in [4.69, 9.17) is 4.42 Å². The number of nitro benzene ring substituents is 1. The largest absolute Gasteiger partial charge is 0.436 e. The van der Waals surface area contributed by atoms with Gasteiger partial charge in [0.2, 0.25) is 5.89 Å². The highest BCUT2D eigenvalue weighted by Crippen LogP contribution is 2.28. The van der Waals surface area contributed by atoms with Crippen molar-refractivity contribution in [3.63, 3.8) is 0 Å². The monoisotopic (exact) mass is 397 g/mol. The number of aryl methyl sites for hydroxylation is 2. The number of fused-ring (bicyclic) bond motifs is 1. The van der Waals surface area contributed by atoms with Crippen LogP contribution >= 0.6 is 0 Å². The second-order valence-corrected chi connectivity index (χ2v) is 6.99. The average Bonchev–Trinajstić information content (AvgIpc) is 3.16. The Labute approximate surface area is 173 Å². The van der Waals surface area contributed by atoms with Crippen LogP contribution in [0.1, 0.15) is 16.7 Å². The van der Waals surface area contributed by atoms with E-state index in [2.05, 4.69) is 16.0 Å². The second-order valence-electron chi connectivity index (χ2n) is 6.99. The van der Waals surface area contributed by atoms with Gasteiger partial charge in [-0.15, -0.1) is 0 Å². The van der Waals surface area contributed by atoms with Crippen molar-refractivity contribution in [3.8, 4) is 11.5 Å². The third-order valence-electron chi connectivity index (χ3n) is 4.61. The highest BCUT2D eigenvalue weighted by Gasteiger charge is 2.10. The summed E-state index contributed by atoms with van der Waals surface area (Å²) in [4.78, 5) is 19.4. The van der Waals surface area contributed by atoms with Crippen molar-refractivity contribution in [2.45, 2.75) is 13.8 Å². The first-order valence-corrected chi connectivity index (χ1v) is 9.43. The van der Waals surface area contributed by atoms with Crippen molar-refractivity contribution in [1.29, 1.82) is 0 Å². The van der Waals surface area contributed by atoms with E-state index in [1.54, 1.807) is 30.5 Å². The van der Waals surface area contributed by atoms with Gasteiger partial charge in [-0.05, 0) is 66.9 Å². The van der Waals surface area contributed by atoms with Gasteiger partial charge in [0.1, 0.15) is 5.52 Å². The summed E-state index contributed by atoms with van der Waals surface area (Å²) in [6, 6.07) is 18.2. The van der Waals surface area contributed by atoms with E-state index in [1.807, 2.05) is 44.2 Å². The lowest BCUT2D eigenvalue weighted by Crippen LogP contribution is -1.87. The molecule has 1 heterocycles. The number of hydrogen-bond donors (Lipinski definition) is 0. The molecule has 0 aliphatic rings. The average molecular weight is 397 g/mol. The molecule has 0 saturated heterocycles. The number of oxazole rings is 1. The Morgan fingerprint density at radius 3 is 2.63 bits per heavy atom. The van der Waals surface area contributed by atoms with Gasteiger partial charge in [0.05, 0.1) is 10.6 Å². The molecule has 30 heavy (non-hydrogen) atoms. The van der Waals surface area contributed by atoms with E-state index in [9.17, 15) is 10.1 Å². The van der Waals surface area contributed by atoms with Crippen LogP contribution in [0.2, 0.25) is 0 Å². The summed E-state index contributed by atoms with van der Waals surface area (Å²) in [6.45, 7) is 4.06. The summed E-state index contributed by atoms with van der Waals surface area (Å²) in [5, 5.41) is 10.8. The Morgan fingerprint density at radius 2 is 1.87 bits per heavy atom. The van der Waals surface area contributed by atoms with Crippen LogP contribution in [-0.4, -0.2) is 16.1 Å². The van der Waals surface area contributed by atoms with E-state index < -0.39 is 4.92 Å². The van der Waals surface area contributed by atoms with Gasteiger partial charge in [0, 0.05) is 23.9 Å². The zero-order chi connectivity index (χ0) is 21.1. The van der Waals surface area contributed by atoms with Crippen LogP contribution in [0.3, 0.4) is 0 Å². The number of aliphatic imine (C=N–C) groups is 1. The molecule has 1 aromatic heterocycles. The van der Waals surface area contributed by atoms with Gasteiger partial charge in [-0.2, -0.15) is 0 Å². The number of nitro groups is 1. The Kier molecular flexibility index (Phi) is 5.22. The van der Waals surface area contributed by atoms with Crippen molar-refractivity contribution in [1.82, 2.24) is 4.98 Å². The van der Waals surface area contributed by atoms with Crippen LogP contribution in [0.5, 0.6) is 0 Å². The van der Waals surface area contributed by atoms with Crippen LogP contribution in [0.4, 0.5) is 11.4 Å². The first-order valence-electron chi connectivity index (χ1n) is 9.43. The Bertz CT molecular complexity index is 1290. The summed E-state index contributed by atoms with van der Waals surface area (Å²) >= 11 is 0. The van der Waals surface area contributed by atoms with Gasteiger partial charge in [0.25, 0.3) is 5.69 Å². The Hall–Kier alpha value is -4.06. The van der Waals surface area contributed by atoms with Gasteiger partial charge < -0.3 is 4.42 Å². The van der Waals surface area contributed by atoms with Crippen molar-refractivity contribution in [3.05, 3.63) is 93.5 Å². The molecule has 4 rings (SSSR count). The smallest absolute Gasteiger partial charge is 0.270 e. The molecule has 0 N–H and O–H groups in total. The summed E-state index contributed by atoms with van der Waals surface area (Å²) in [5.74, 6) is 0.583. The molecule has 6 nitrogen and oxygen atoms in total. The van der Waals surface area contributed by atoms with E-state index >= 15 is 0 Å². The Morgan fingerprint density at radius 1 is 1.07 bits per heavy atom. The van der Waals surface area contributed by atoms with Crippen LogP contribution in [0.15, 0.2) is 76.1 Å². The highest BCUT2D eigenvalue weighted by atomic mass is 16.6. The molecule has 6 heteroatoms. The summed E-state index contributed by atoms with van der Waals surface area (Å²) in [6.07, 6.45) is 5.17. The fraction of sp³-hybridized carbons (Fsp3) is 0.0833. The van der Waals surface area contributed by atoms with Crippen LogP contribution < -0.4 is 0 Å². The number of non-ortho nitro benzene ring substituents is 1. The molecule has 4 aromatic rings. The first-order chi connectivity index (χ1) is 14.5. The maximum atomic E-state index is 10.8. The molecule has 0 bridgehead atoms. The predicted octanol–water partition coefficient (Wildman–Crippen LogP) is 6.44. The molecule has 3 aromatic carbocycles. The van der Waals surface area contributed by atoms with Crippen LogP contribution in [0, 0.1) is 24.0 Å². The maximum absolute atomic E-state index is 10.8. The lowest BCUT2D eigenvalue weighted by atomic mass is 10.1. The van der Waals surface area contributed by atoms with Gasteiger partial charge in [-0.1, -0.05) is 24.3 Å². The predicted molar refractivity (Wildman–Crippen MR) is 119 cm³/mol. The van der Waals surface area contributed by atoms with Crippen molar-refractivity contribution in [2.75, 3.05) is 0 Å². The topological polar surface area (TPSA) is 81.5 Å². The number of hydrogen-bond acceptors (Lipinski definition) is 5. The molecular formula is C24H19N3O3. The quantitative estimate of drug-likeness (QED) is 0.220. The molecular weight excluding hydrogens is 378 g/mol. The minimum Gasteiger partial charge on any atom is -0.436 e. The molecule has 0 unspecified atom stereocenters. The fourth-order valence-corrected chi connectivity index (χ4v) is 3.22. The molecule has 0 radical (unpaired) electrons. The van der Waals surface area contributed by atoms with E-state index in [0.717, 1.165) is 39.0 Å². The summed E-state index contributed by atoms with van der Waals surface area (Å²) < 4.78 is 5.95. The van der Waals surface area contributed by atoms with Crippen molar-refractivity contribution in [2.24, 2.45) is 4.99 Å². The number of rotatable bonds is 5. The zero-order valence-corrected chi connectivity index (χ0v) is 16.6. The third kappa shape index (κ3) is 4.17. The number of nitrogens with zero attached hydrogens (tertiary/aromatic N) is 3. The van der Waals surface area contributed by atoms with Crippen LogP contribution in [-0.2, 0) is 0 Å². The van der Waals surface area contributed by atoms with Gasteiger partial charge >= 0.3 is 0 Å². The van der Waals surface area contributed by atoms with E-state index in [-0.39, 0.29) is 5.69 Å². The molecule has 0 fully saturated rings. The molecule has 148 valence electrons. The Balaban J connectivity index is 1.48. The lowest BCUT2D eigenvalue weighted by Gasteiger charge is -1.97. The number of aromatic nitrogens is 1. The second kappa shape index (κ2) is 8.13.